The zero-order chi connectivity index (χ0) is 14.8. The summed E-state index contributed by atoms with van der Waals surface area (Å²) in [6, 6.07) is 5.21. The number of rotatable bonds is 6. The normalized spacial score (nSPS) is 12.4. The highest BCUT2D eigenvalue weighted by molar-refractivity contribution is 7.89. The Balaban J connectivity index is 2.21. The van der Waals surface area contributed by atoms with E-state index in [1.807, 2.05) is 19.0 Å². The molecule has 0 aliphatic rings. The molecule has 8 heteroatoms. The van der Waals surface area contributed by atoms with Crippen molar-refractivity contribution in [2.75, 3.05) is 27.2 Å². The molecule has 0 amide bonds. The van der Waals surface area contributed by atoms with E-state index in [1.54, 1.807) is 24.4 Å². The minimum Gasteiger partial charge on any atom is -0.309 e. The second-order valence-electron chi connectivity index (χ2n) is 4.69. The summed E-state index contributed by atoms with van der Waals surface area (Å²) in [4.78, 5) is 6.03. The van der Waals surface area contributed by atoms with Crippen molar-refractivity contribution in [3.63, 3.8) is 0 Å². The first kappa shape index (κ1) is 15.2. The first-order valence-electron chi connectivity index (χ1n) is 6.19. The van der Waals surface area contributed by atoms with Gasteiger partial charge in [-0.3, -0.25) is 4.40 Å². The van der Waals surface area contributed by atoms with Crippen LogP contribution in [0.25, 0.3) is 5.65 Å². The molecular weight excluding hydrogens is 300 g/mol. The molecule has 0 bridgehead atoms. The van der Waals surface area contributed by atoms with Crippen LogP contribution < -0.4 is 4.72 Å². The number of halogens is 1. The molecule has 2 heterocycles. The van der Waals surface area contributed by atoms with Crippen LogP contribution in [0.2, 0.25) is 5.15 Å². The maximum absolute atomic E-state index is 12.3. The van der Waals surface area contributed by atoms with Crippen LogP contribution in [0.3, 0.4) is 0 Å². The number of nitrogens with zero attached hydrogens (tertiary/aromatic N) is 3. The minimum atomic E-state index is -3.67. The average Bonchev–Trinajstić information content (AvgIpc) is 2.71. The summed E-state index contributed by atoms with van der Waals surface area (Å²) in [6.07, 6.45) is 2.35. The van der Waals surface area contributed by atoms with Crippen LogP contribution in [-0.4, -0.2) is 49.9 Å². The van der Waals surface area contributed by atoms with E-state index in [-0.39, 0.29) is 10.2 Å². The number of imidazole rings is 1. The molecule has 0 aliphatic heterocycles. The number of nitrogens with one attached hydrogen (secondary N) is 1. The number of pyridine rings is 1. The second kappa shape index (κ2) is 6.09. The van der Waals surface area contributed by atoms with E-state index in [0.29, 0.717) is 12.2 Å². The maximum atomic E-state index is 12.3. The van der Waals surface area contributed by atoms with Gasteiger partial charge >= 0.3 is 0 Å². The molecule has 0 aromatic carbocycles. The van der Waals surface area contributed by atoms with Crippen LogP contribution in [0.1, 0.15) is 6.42 Å². The average molecular weight is 317 g/mol. The van der Waals surface area contributed by atoms with Gasteiger partial charge in [-0.1, -0.05) is 17.7 Å². The van der Waals surface area contributed by atoms with E-state index in [1.165, 1.54) is 4.40 Å². The second-order valence-corrected chi connectivity index (χ2v) is 6.73. The lowest BCUT2D eigenvalue weighted by molar-refractivity contribution is 0.400. The molecule has 0 spiro atoms. The van der Waals surface area contributed by atoms with E-state index >= 15 is 0 Å². The van der Waals surface area contributed by atoms with E-state index < -0.39 is 10.0 Å². The van der Waals surface area contributed by atoms with Gasteiger partial charge in [0.25, 0.3) is 10.0 Å². The Labute approximate surface area is 123 Å². The van der Waals surface area contributed by atoms with Crippen molar-refractivity contribution in [3.05, 3.63) is 29.5 Å². The number of aromatic nitrogens is 2. The smallest absolute Gasteiger partial charge is 0.259 e. The largest absolute Gasteiger partial charge is 0.309 e. The molecule has 2 rings (SSSR count). The highest BCUT2D eigenvalue weighted by Crippen LogP contribution is 2.22. The van der Waals surface area contributed by atoms with Crippen molar-refractivity contribution in [2.45, 2.75) is 11.4 Å². The molecule has 1 N–H and O–H groups in total. The maximum Gasteiger partial charge on any atom is 0.259 e. The van der Waals surface area contributed by atoms with E-state index in [0.717, 1.165) is 13.0 Å². The molecule has 0 saturated carbocycles. The molecule has 0 unspecified atom stereocenters. The summed E-state index contributed by atoms with van der Waals surface area (Å²) in [7, 11) is 0.208. The summed E-state index contributed by atoms with van der Waals surface area (Å²) in [5.41, 5.74) is 0.506. The van der Waals surface area contributed by atoms with Crippen LogP contribution in [0.15, 0.2) is 29.4 Å². The Morgan fingerprint density at radius 2 is 2.15 bits per heavy atom. The molecule has 6 nitrogen and oxygen atoms in total. The summed E-state index contributed by atoms with van der Waals surface area (Å²) in [5, 5.41) is -0.0315. The quantitative estimate of drug-likeness (QED) is 0.814. The SMILES string of the molecule is CN(C)CCCNS(=O)(=O)c1c(Cl)nc2ccccn12. The van der Waals surface area contributed by atoms with Crippen molar-refractivity contribution < 1.29 is 8.42 Å². The predicted molar refractivity (Wildman–Crippen MR) is 78.6 cm³/mol. The third kappa shape index (κ3) is 3.29. The molecule has 2 aromatic heterocycles. The van der Waals surface area contributed by atoms with E-state index in [2.05, 4.69) is 9.71 Å². The van der Waals surface area contributed by atoms with Crippen LogP contribution in [0.4, 0.5) is 0 Å². The first-order chi connectivity index (χ1) is 9.42. The molecular formula is C12H17ClN4O2S. The van der Waals surface area contributed by atoms with Gasteiger partial charge in [0.15, 0.2) is 10.2 Å². The first-order valence-corrected chi connectivity index (χ1v) is 8.05. The molecule has 0 aliphatic carbocycles. The lowest BCUT2D eigenvalue weighted by Gasteiger charge is -2.10. The zero-order valence-corrected chi connectivity index (χ0v) is 12.9. The molecule has 0 atom stereocenters. The minimum absolute atomic E-state index is 0.0142. The van der Waals surface area contributed by atoms with Gasteiger partial charge in [0.1, 0.15) is 5.65 Å². The fraction of sp³-hybridized carbons (Fsp3) is 0.417. The highest BCUT2D eigenvalue weighted by Gasteiger charge is 2.23. The van der Waals surface area contributed by atoms with Crippen molar-refractivity contribution in [2.24, 2.45) is 0 Å². The van der Waals surface area contributed by atoms with Crippen molar-refractivity contribution in [3.8, 4) is 0 Å². The third-order valence-electron chi connectivity index (χ3n) is 2.78. The lowest BCUT2D eigenvalue weighted by Crippen LogP contribution is -2.28. The fourth-order valence-electron chi connectivity index (χ4n) is 1.86. The van der Waals surface area contributed by atoms with Crippen molar-refractivity contribution in [1.29, 1.82) is 0 Å². The van der Waals surface area contributed by atoms with Crippen LogP contribution in [0.5, 0.6) is 0 Å². The topological polar surface area (TPSA) is 66.7 Å². The lowest BCUT2D eigenvalue weighted by atomic mass is 10.4. The molecule has 20 heavy (non-hydrogen) atoms. The zero-order valence-electron chi connectivity index (χ0n) is 11.4. The summed E-state index contributed by atoms with van der Waals surface area (Å²) < 4.78 is 28.6. The van der Waals surface area contributed by atoms with Gasteiger partial charge in [-0.15, -0.1) is 0 Å². The van der Waals surface area contributed by atoms with Crippen LogP contribution in [-0.2, 0) is 10.0 Å². The highest BCUT2D eigenvalue weighted by atomic mass is 35.5. The Hall–Kier alpha value is -1.15. The van der Waals surface area contributed by atoms with Gasteiger partial charge in [-0.05, 0) is 39.2 Å². The summed E-state index contributed by atoms with van der Waals surface area (Å²) in [6.45, 7) is 1.17. The fourth-order valence-corrected chi connectivity index (χ4v) is 3.57. The van der Waals surface area contributed by atoms with Crippen LogP contribution >= 0.6 is 11.6 Å². The van der Waals surface area contributed by atoms with Gasteiger partial charge in [0.2, 0.25) is 0 Å². The third-order valence-corrected chi connectivity index (χ3v) is 4.63. The molecule has 0 saturated heterocycles. The van der Waals surface area contributed by atoms with E-state index in [9.17, 15) is 8.42 Å². The van der Waals surface area contributed by atoms with Crippen molar-refractivity contribution in [1.82, 2.24) is 19.0 Å². The van der Waals surface area contributed by atoms with Gasteiger partial charge in [0, 0.05) is 12.7 Å². The van der Waals surface area contributed by atoms with Crippen LogP contribution in [0, 0.1) is 0 Å². The molecule has 0 radical (unpaired) electrons. The monoisotopic (exact) mass is 316 g/mol. The van der Waals surface area contributed by atoms with Crippen molar-refractivity contribution >= 4 is 27.3 Å². The standard InChI is InChI=1S/C12H17ClN4O2S/c1-16(2)8-5-7-14-20(18,19)12-11(13)15-10-6-3-4-9-17(10)12/h3-4,6,9,14H,5,7-8H2,1-2H3. The molecule has 2 aromatic rings. The Morgan fingerprint density at radius 1 is 1.40 bits per heavy atom. The Morgan fingerprint density at radius 3 is 2.85 bits per heavy atom. The number of hydrogen-bond acceptors (Lipinski definition) is 4. The Bertz CT molecular complexity index is 697. The van der Waals surface area contributed by atoms with E-state index in [4.69, 9.17) is 11.6 Å². The Kier molecular flexibility index (Phi) is 4.64. The number of hydrogen-bond donors (Lipinski definition) is 1. The summed E-state index contributed by atoms with van der Waals surface area (Å²) in [5.74, 6) is 0. The summed E-state index contributed by atoms with van der Waals surface area (Å²) >= 11 is 5.96. The van der Waals surface area contributed by atoms with Gasteiger partial charge < -0.3 is 4.90 Å². The van der Waals surface area contributed by atoms with Gasteiger partial charge in [-0.25, -0.2) is 18.1 Å². The van der Waals surface area contributed by atoms with Gasteiger partial charge in [0.05, 0.1) is 0 Å². The predicted octanol–water partition coefficient (Wildman–Crippen LogP) is 1.22. The van der Waals surface area contributed by atoms with Gasteiger partial charge in [-0.2, -0.15) is 0 Å². The molecule has 110 valence electrons. The number of sulfonamides is 1. The molecule has 0 fully saturated rings. The number of fused-ring (bicyclic) bond motifs is 1.